The molecule has 4 nitrogen and oxygen atoms in total. The van der Waals surface area contributed by atoms with Gasteiger partial charge >= 0.3 is 5.97 Å². The quantitative estimate of drug-likeness (QED) is 0.594. The number of thiol groups is 1. The Hall–Kier alpha value is -1.11. The van der Waals surface area contributed by atoms with Crippen LogP contribution in [0.25, 0.3) is 0 Å². The van der Waals surface area contributed by atoms with Gasteiger partial charge in [-0.2, -0.15) is 12.6 Å². The molecular formula is C10H11FO4S. The van der Waals surface area contributed by atoms with E-state index >= 15 is 0 Å². The number of hydrogen-bond acceptors (Lipinski definition) is 4. The molecule has 2 atom stereocenters. The molecule has 0 aliphatic rings. The van der Waals surface area contributed by atoms with Gasteiger partial charge in [0.05, 0.1) is 11.7 Å². The second kappa shape index (κ2) is 5.29. The maximum atomic E-state index is 13.2. The van der Waals surface area contributed by atoms with Gasteiger partial charge in [0.25, 0.3) is 0 Å². The van der Waals surface area contributed by atoms with Gasteiger partial charge in [-0.1, -0.05) is 6.07 Å². The van der Waals surface area contributed by atoms with E-state index < -0.39 is 29.6 Å². The van der Waals surface area contributed by atoms with E-state index in [4.69, 9.17) is 5.11 Å². The molecule has 16 heavy (non-hydrogen) atoms. The zero-order valence-corrected chi connectivity index (χ0v) is 9.06. The Labute approximate surface area is 96.8 Å². The Morgan fingerprint density at radius 3 is 2.50 bits per heavy atom. The third kappa shape index (κ3) is 2.72. The van der Waals surface area contributed by atoms with Crippen LogP contribution in [0.15, 0.2) is 18.2 Å². The van der Waals surface area contributed by atoms with E-state index in [1.54, 1.807) is 0 Å². The first-order valence-corrected chi connectivity index (χ1v) is 5.10. The molecule has 0 aliphatic carbocycles. The summed E-state index contributed by atoms with van der Waals surface area (Å²) in [5, 5.41) is 27.4. The highest BCUT2D eigenvalue weighted by molar-refractivity contribution is 7.80. The molecule has 1 aromatic rings. The lowest BCUT2D eigenvalue weighted by molar-refractivity contribution is 0.0335. The summed E-state index contributed by atoms with van der Waals surface area (Å²) in [6.07, 6.45) is -2.41. The topological polar surface area (TPSA) is 77.8 Å². The van der Waals surface area contributed by atoms with Gasteiger partial charge in [-0.25, -0.2) is 9.18 Å². The molecule has 0 amide bonds. The van der Waals surface area contributed by atoms with Crippen molar-refractivity contribution in [2.24, 2.45) is 0 Å². The minimum atomic E-state index is -1.38. The number of rotatable bonds is 4. The first-order chi connectivity index (χ1) is 7.47. The molecule has 0 saturated heterocycles. The fourth-order valence-electron chi connectivity index (χ4n) is 1.21. The first kappa shape index (κ1) is 13.0. The van der Waals surface area contributed by atoms with Crippen molar-refractivity contribution in [3.05, 3.63) is 35.1 Å². The summed E-state index contributed by atoms with van der Waals surface area (Å²) in [4.78, 5) is 10.5. The van der Waals surface area contributed by atoms with Crippen LogP contribution < -0.4 is 0 Å². The lowest BCUT2D eigenvalue weighted by Gasteiger charge is -2.16. The molecule has 0 radical (unpaired) electrons. The van der Waals surface area contributed by atoms with Gasteiger partial charge < -0.3 is 15.3 Å². The number of benzene rings is 1. The summed E-state index contributed by atoms with van der Waals surface area (Å²) < 4.78 is 13.2. The summed E-state index contributed by atoms with van der Waals surface area (Å²) in [6, 6.07) is 3.19. The highest BCUT2D eigenvalue weighted by atomic mass is 32.1. The van der Waals surface area contributed by atoms with Crippen molar-refractivity contribution < 1.29 is 24.5 Å². The third-order valence-electron chi connectivity index (χ3n) is 2.12. The van der Waals surface area contributed by atoms with E-state index in [1.807, 2.05) is 0 Å². The normalized spacial score (nSPS) is 14.5. The molecule has 0 fully saturated rings. The number of carbonyl (C=O) groups is 1. The Morgan fingerprint density at radius 1 is 1.44 bits per heavy atom. The van der Waals surface area contributed by atoms with E-state index in [9.17, 15) is 19.4 Å². The van der Waals surface area contributed by atoms with Crippen molar-refractivity contribution >= 4 is 18.6 Å². The van der Waals surface area contributed by atoms with Crippen LogP contribution in [0.5, 0.6) is 0 Å². The van der Waals surface area contributed by atoms with Crippen molar-refractivity contribution in [1.82, 2.24) is 0 Å². The predicted octanol–water partition coefficient (Wildman–Crippen LogP) is 0.848. The zero-order valence-electron chi connectivity index (χ0n) is 8.17. The number of halogens is 1. The summed E-state index contributed by atoms with van der Waals surface area (Å²) in [5.74, 6) is -2.31. The minimum Gasteiger partial charge on any atom is -0.478 e. The van der Waals surface area contributed by atoms with Gasteiger partial charge in [-0.3, -0.25) is 0 Å². The maximum absolute atomic E-state index is 13.2. The highest BCUT2D eigenvalue weighted by Crippen LogP contribution is 2.20. The van der Waals surface area contributed by atoms with E-state index in [2.05, 4.69) is 12.6 Å². The van der Waals surface area contributed by atoms with Crippen molar-refractivity contribution in [1.29, 1.82) is 0 Å². The summed E-state index contributed by atoms with van der Waals surface area (Å²) in [5.41, 5.74) is -0.361. The van der Waals surface area contributed by atoms with Gasteiger partial charge in [-0.15, -0.1) is 0 Å². The number of aliphatic hydroxyl groups excluding tert-OH is 2. The van der Waals surface area contributed by atoms with Crippen LogP contribution in [0, 0.1) is 5.82 Å². The lowest BCUT2D eigenvalue weighted by Crippen LogP contribution is -2.20. The molecule has 0 aromatic heterocycles. The number of hydrogen-bond donors (Lipinski definition) is 4. The second-order valence-corrected chi connectivity index (χ2v) is 3.60. The van der Waals surface area contributed by atoms with Crippen LogP contribution in [0.1, 0.15) is 22.0 Å². The molecule has 0 aliphatic heterocycles. The maximum Gasteiger partial charge on any atom is 0.338 e. The third-order valence-corrected chi connectivity index (χ3v) is 2.49. The standard InChI is InChI=1S/C10H11FO4S/c11-7-3-5(9(13)8(12)4-16)1-2-6(7)10(14)15/h1-3,8-9,12-13,16H,4H2,(H,14,15). The first-order valence-electron chi connectivity index (χ1n) is 4.47. The smallest absolute Gasteiger partial charge is 0.338 e. The predicted molar refractivity (Wildman–Crippen MR) is 58.2 cm³/mol. The average molecular weight is 246 g/mol. The number of carboxylic acids is 1. The van der Waals surface area contributed by atoms with Gasteiger partial charge in [0.15, 0.2) is 0 Å². The average Bonchev–Trinajstić information content (AvgIpc) is 2.26. The van der Waals surface area contributed by atoms with Crippen LogP contribution in [0.3, 0.4) is 0 Å². The molecule has 0 bridgehead atoms. The van der Waals surface area contributed by atoms with E-state index in [0.29, 0.717) is 0 Å². The van der Waals surface area contributed by atoms with Crippen molar-refractivity contribution in [2.45, 2.75) is 12.2 Å². The molecular weight excluding hydrogens is 235 g/mol. The van der Waals surface area contributed by atoms with Crippen LogP contribution in [-0.2, 0) is 0 Å². The number of carboxylic acid groups (broad SMARTS) is 1. The molecule has 1 rings (SSSR count). The van der Waals surface area contributed by atoms with Gasteiger partial charge in [0.1, 0.15) is 11.9 Å². The summed E-state index contributed by atoms with van der Waals surface area (Å²) in [7, 11) is 0. The fourth-order valence-corrected chi connectivity index (χ4v) is 1.41. The summed E-state index contributed by atoms with van der Waals surface area (Å²) >= 11 is 3.79. The van der Waals surface area contributed by atoms with Gasteiger partial charge in [-0.05, 0) is 17.7 Å². The SMILES string of the molecule is O=C(O)c1ccc(C(O)C(O)CS)cc1F. The number of aliphatic hydroxyl groups is 2. The van der Waals surface area contributed by atoms with E-state index in [-0.39, 0.29) is 11.3 Å². The van der Waals surface area contributed by atoms with Crippen molar-refractivity contribution in [2.75, 3.05) is 5.75 Å². The summed E-state index contributed by atoms with van der Waals surface area (Å²) in [6.45, 7) is 0. The second-order valence-electron chi connectivity index (χ2n) is 3.24. The highest BCUT2D eigenvalue weighted by Gasteiger charge is 2.19. The molecule has 88 valence electrons. The monoisotopic (exact) mass is 246 g/mol. The molecule has 0 spiro atoms. The molecule has 0 heterocycles. The van der Waals surface area contributed by atoms with E-state index in [1.165, 1.54) is 6.07 Å². The van der Waals surface area contributed by atoms with Crippen LogP contribution >= 0.6 is 12.6 Å². The van der Waals surface area contributed by atoms with Gasteiger partial charge in [0, 0.05) is 5.75 Å². The van der Waals surface area contributed by atoms with Crippen molar-refractivity contribution in [3.63, 3.8) is 0 Å². The lowest BCUT2D eigenvalue weighted by atomic mass is 10.0. The Bertz CT molecular complexity index is 396. The molecule has 6 heteroatoms. The van der Waals surface area contributed by atoms with Crippen LogP contribution in [0.4, 0.5) is 4.39 Å². The Kier molecular flexibility index (Phi) is 4.28. The minimum absolute atomic E-state index is 0.0173. The molecule has 2 unspecified atom stereocenters. The fraction of sp³-hybridized carbons (Fsp3) is 0.300. The van der Waals surface area contributed by atoms with E-state index in [0.717, 1.165) is 12.1 Å². The van der Waals surface area contributed by atoms with Gasteiger partial charge in [0.2, 0.25) is 0 Å². The largest absolute Gasteiger partial charge is 0.478 e. The van der Waals surface area contributed by atoms with Crippen LogP contribution in [-0.4, -0.2) is 33.1 Å². The molecule has 1 aromatic carbocycles. The van der Waals surface area contributed by atoms with Crippen LogP contribution in [0.2, 0.25) is 0 Å². The van der Waals surface area contributed by atoms with Crippen molar-refractivity contribution in [3.8, 4) is 0 Å². The Balaban J connectivity index is 3.01. The number of aromatic carboxylic acids is 1. The Morgan fingerprint density at radius 2 is 2.06 bits per heavy atom. The molecule has 0 saturated carbocycles. The zero-order chi connectivity index (χ0) is 12.3. The molecule has 3 N–H and O–H groups in total.